The highest BCUT2D eigenvalue weighted by Gasteiger charge is 2.23. The van der Waals surface area contributed by atoms with Crippen molar-refractivity contribution >= 4 is 18.3 Å². The lowest BCUT2D eigenvalue weighted by molar-refractivity contribution is -0.128. The molecule has 0 spiro atoms. The van der Waals surface area contributed by atoms with Gasteiger partial charge in [0.05, 0.1) is 0 Å². The van der Waals surface area contributed by atoms with Gasteiger partial charge in [-0.2, -0.15) is 0 Å². The van der Waals surface area contributed by atoms with E-state index in [9.17, 15) is 9.18 Å². The van der Waals surface area contributed by atoms with E-state index in [4.69, 9.17) is 10.5 Å². The van der Waals surface area contributed by atoms with E-state index >= 15 is 0 Å². The standard InChI is InChI=1S/C15H21FN2O2.ClH/c1-10(20-14-4-2-3-11(16)9-14)15(19)18-13-7-5-12(17)6-8-13;/h2-4,9-10,12-13H,5-8,17H2,1H3,(H,18,19);1H. The summed E-state index contributed by atoms with van der Waals surface area (Å²) in [7, 11) is 0. The first-order chi connectivity index (χ1) is 9.54. The molecule has 0 heterocycles. The lowest BCUT2D eigenvalue weighted by Crippen LogP contribution is -2.45. The zero-order valence-corrected chi connectivity index (χ0v) is 12.9. The molecule has 6 heteroatoms. The van der Waals surface area contributed by atoms with Gasteiger partial charge in [-0.3, -0.25) is 4.79 Å². The smallest absolute Gasteiger partial charge is 0.260 e. The molecule has 1 aliphatic carbocycles. The lowest BCUT2D eigenvalue weighted by Gasteiger charge is -2.27. The summed E-state index contributed by atoms with van der Waals surface area (Å²) in [6.07, 6.45) is 3.03. The number of hydrogen-bond donors (Lipinski definition) is 2. The second-order valence-electron chi connectivity index (χ2n) is 5.34. The monoisotopic (exact) mass is 316 g/mol. The SMILES string of the molecule is CC(Oc1cccc(F)c1)C(=O)NC1CCC(N)CC1.Cl. The third kappa shape index (κ3) is 5.52. The molecule has 0 saturated heterocycles. The zero-order chi connectivity index (χ0) is 14.5. The highest BCUT2D eigenvalue weighted by Crippen LogP contribution is 2.18. The molecule has 1 fully saturated rings. The van der Waals surface area contributed by atoms with Gasteiger partial charge in [0.25, 0.3) is 5.91 Å². The zero-order valence-electron chi connectivity index (χ0n) is 12.0. The van der Waals surface area contributed by atoms with Crippen molar-refractivity contribution in [3.05, 3.63) is 30.1 Å². The minimum Gasteiger partial charge on any atom is -0.481 e. The van der Waals surface area contributed by atoms with Crippen LogP contribution in [0.4, 0.5) is 4.39 Å². The quantitative estimate of drug-likeness (QED) is 0.896. The molecule has 4 nitrogen and oxygen atoms in total. The van der Waals surface area contributed by atoms with Crippen molar-refractivity contribution in [2.45, 2.75) is 50.8 Å². The maximum Gasteiger partial charge on any atom is 0.260 e. The van der Waals surface area contributed by atoms with Gasteiger partial charge in [0, 0.05) is 18.2 Å². The lowest BCUT2D eigenvalue weighted by atomic mass is 9.92. The minimum absolute atomic E-state index is 0. The Hall–Kier alpha value is -1.33. The van der Waals surface area contributed by atoms with Gasteiger partial charge in [0.15, 0.2) is 6.10 Å². The van der Waals surface area contributed by atoms with E-state index in [1.165, 1.54) is 12.1 Å². The number of carbonyl (C=O) groups is 1. The van der Waals surface area contributed by atoms with Crippen molar-refractivity contribution in [3.8, 4) is 5.75 Å². The molecule has 2 rings (SSSR count). The van der Waals surface area contributed by atoms with Gasteiger partial charge < -0.3 is 15.8 Å². The topological polar surface area (TPSA) is 64.3 Å². The minimum atomic E-state index is -0.646. The summed E-state index contributed by atoms with van der Waals surface area (Å²) in [6.45, 7) is 1.66. The molecule has 3 N–H and O–H groups in total. The van der Waals surface area contributed by atoms with Crippen LogP contribution in [0.2, 0.25) is 0 Å². The number of nitrogens with two attached hydrogens (primary N) is 1. The van der Waals surface area contributed by atoms with E-state index in [2.05, 4.69) is 5.32 Å². The van der Waals surface area contributed by atoms with E-state index in [1.54, 1.807) is 19.1 Å². The first kappa shape index (κ1) is 17.7. The molecule has 0 radical (unpaired) electrons. The molecule has 0 aromatic heterocycles. The van der Waals surface area contributed by atoms with Crippen LogP contribution in [-0.4, -0.2) is 24.1 Å². The summed E-state index contributed by atoms with van der Waals surface area (Å²) >= 11 is 0. The summed E-state index contributed by atoms with van der Waals surface area (Å²) in [4.78, 5) is 12.0. The van der Waals surface area contributed by atoms with Crippen LogP contribution < -0.4 is 15.8 Å². The van der Waals surface area contributed by atoms with Gasteiger partial charge in [0.1, 0.15) is 11.6 Å². The number of hydrogen-bond acceptors (Lipinski definition) is 3. The Morgan fingerprint density at radius 1 is 1.38 bits per heavy atom. The fourth-order valence-electron chi connectivity index (χ4n) is 2.38. The third-order valence-electron chi connectivity index (χ3n) is 3.60. The second kappa shape index (κ2) is 8.20. The molecule has 21 heavy (non-hydrogen) atoms. The number of carbonyl (C=O) groups excluding carboxylic acids is 1. The number of rotatable bonds is 4. The number of halogens is 2. The third-order valence-corrected chi connectivity index (χ3v) is 3.60. The number of nitrogens with one attached hydrogen (secondary N) is 1. The first-order valence-corrected chi connectivity index (χ1v) is 7.03. The summed E-state index contributed by atoms with van der Waals surface area (Å²) < 4.78 is 18.5. The Labute approximate surface area is 130 Å². The fourth-order valence-corrected chi connectivity index (χ4v) is 2.38. The van der Waals surface area contributed by atoms with E-state index in [0.717, 1.165) is 25.7 Å². The van der Waals surface area contributed by atoms with Crippen molar-refractivity contribution in [1.29, 1.82) is 0 Å². The molecule has 1 aromatic rings. The Kier molecular flexibility index (Phi) is 6.92. The van der Waals surface area contributed by atoms with E-state index in [-0.39, 0.29) is 36.2 Å². The van der Waals surface area contributed by atoms with Crippen LogP contribution in [0.15, 0.2) is 24.3 Å². The molecule has 1 amide bonds. The average molecular weight is 317 g/mol. The molecular weight excluding hydrogens is 295 g/mol. The molecule has 0 bridgehead atoms. The predicted molar refractivity (Wildman–Crippen MR) is 82.1 cm³/mol. The molecule has 118 valence electrons. The van der Waals surface area contributed by atoms with Crippen LogP contribution in [-0.2, 0) is 4.79 Å². The molecular formula is C15H22ClFN2O2. The van der Waals surface area contributed by atoms with Crippen LogP contribution in [0.1, 0.15) is 32.6 Å². The van der Waals surface area contributed by atoms with Gasteiger partial charge in [0.2, 0.25) is 0 Å². The summed E-state index contributed by atoms with van der Waals surface area (Å²) in [6, 6.07) is 6.21. The molecule has 0 aliphatic heterocycles. The van der Waals surface area contributed by atoms with E-state index < -0.39 is 6.10 Å². The van der Waals surface area contributed by atoms with Crippen LogP contribution in [0.5, 0.6) is 5.75 Å². The molecule has 1 unspecified atom stereocenters. The van der Waals surface area contributed by atoms with E-state index in [0.29, 0.717) is 5.75 Å². The van der Waals surface area contributed by atoms with Crippen molar-refractivity contribution in [3.63, 3.8) is 0 Å². The Bertz CT molecular complexity index is 465. The summed E-state index contributed by atoms with van der Waals surface area (Å²) in [5.41, 5.74) is 5.83. The summed E-state index contributed by atoms with van der Waals surface area (Å²) in [5.74, 6) is -0.190. The summed E-state index contributed by atoms with van der Waals surface area (Å²) in [5, 5.41) is 2.96. The highest BCUT2D eigenvalue weighted by atomic mass is 35.5. The Balaban J connectivity index is 0.00000220. The van der Waals surface area contributed by atoms with Crippen molar-refractivity contribution in [2.75, 3.05) is 0 Å². The normalized spacial score (nSPS) is 22.8. The first-order valence-electron chi connectivity index (χ1n) is 7.03. The van der Waals surface area contributed by atoms with Gasteiger partial charge >= 0.3 is 0 Å². The number of ether oxygens (including phenoxy) is 1. The van der Waals surface area contributed by atoms with Crippen molar-refractivity contribution in [1.82, 2.24) is 5.32 Å². The number of benzene rings is 1. The van der Waals surface area contributed by atoms with Gasteiger partial charge in [-0.15, -0.1) is 12.4 Å². The fraction of sp³-hybridized carbons (Fsp3) is 0.533. The maximum absolute atomic E-state index is 13.0. The molecule has 1 aliphatic rings. The van der Waals surface area contributed by atoms with Crippen molar-refractivity contribution in [2.24, 2.45) is 5.73 Å². The largest absolute Gasteiger partial charge is 0.481 e. The van der Waals surface area contributed by atoms with Crippen LogP contribution >= 0.6 is 12.4 Å². The van der Waals surface area contributed by atoms with Gasteiger partial charge in [-0.25, -0.2) is 4.39 Å². The van der Waals surface area contributed by atoms with Crippen LogP contribution in [0.3, 0.4) is 0 Å². The molecule has 1 saturated carbocycles. The Morgan fingerprint density at radius 2 is 2.05 bits per heavy atom. The second-order valence-corrected chi connectivity index (χ2v) is 5.34. The number of amides is 1. The van der Waals surface area contributed by atoms with Gasteiger partial charge in [-0.05, 0) is 44.7 Å². The molecule has 1 atom stereocenters. The van der Waals surface area contributed by atoms with E-state index in [1.807, 2.05) is 0 Å². The van der Waals surface area contributed by atoms with Crippen LogP contribution in [0, 0.1) is 5.82 Å². The average Bonchev–Trinajstić information content (AvgIpc) is 2.41. The molecule has 1 aromatic carbocycles. The van der Waals surface area contributed by atoms with Crippen LogP contribution in [0.25, 0.3) is 0 Å². The van der Waals surface area contributed by atoms with Gasteiger partial charge in [-0.1, -0.05) is 6.07 Å². The highest BCUT2D eigenvalue weighted by molar-refractivity contribution is 5.85. The maximum atomic E-state index is 13.0. The van der Waals surface area contributed by atoms with Crippen molar-refractivity contribution < 1.29 is 13.9 Å². The Morgan fingerprint density at radius 3 is 2.67 bits per heavy atom. The predicted octanol–water partition coefficient (Wildman–Crippen LogP) is 2.40.